The summed E-state index contributed by atoms with van der Waals surface area (Å²) >= 11 is 12.3. The van der Waals surface area contributed by atoms with Gasteiger partial charge in [-0.05, 0) is 75.9 Å². The fourth-order valence-corrected chi connectivity index (χ4v) is 3.98. The van der Waals surface area contributed by atoms with Crippen molar-refractivity contribution in [2.75, 3.05) is 0 Å². The lowest BCUT2D eigenvalue weighted by Gasteiger charge is -1.99. The number of aryl methyl sites for hydroxylation is 1. The lowest BCUT2D eigenvalue weighted by atomic mass is 10.3. The molecule has 0 aliphatic carbocycles. The number of aliphatic imine (C=N–C) groups is 1. The quantitative estimate of drug-likeness (QED) is 0.673. The molecule has 0 radical (unpaired) electrons. The maximum Gasteiger partial charge on any atom is 0.264 e. The SMILES string of the molecule is Cc1ccsc1C=C1SC(=Nc2ccc(Br)c(Cl)c2)NC1=O. The van der Waals surface area contributed by atoms with Gasteiger partial charge in [-0.1, -0.05) is 11.6 Å². The zero-order chi connectivity index (χ0) is 15.7. The van der Waals surface area contributed by atoms with E-state index in [9.17, 15) is 4.79 Å². The molecule has 112 valence electrons. The standard InChI is InChI=1S/C15H10BrClN2OS2/c1-8-4-5-21-12(8)7-13-14(20)19-15(22-13)18-9-2-3-10(16)11(17)6-9/h2-7H,1H3,(H,18,19,20). The smallest absolute Gasteiger partial charge is 0.264 e. The van der Waals surface area contributed by atoms with E-state index in [0.29, 0.717) is 20.8 Å². The van der Waals surface area contributed by atoms with Gasteiger partial charge in [0.15, 0.2) is 5.17 Å². The predicted octanol–water partition coefficient (Wildman–Crippen LogP) is 5.36. The number of hydrogen-bond acceptors (Lipinski definition) is 4. The fourth-order valence-electron chi connectivity index (χ4n) is 1.80. The van der Waals surface area contributed by atoms with Crippen LogP contribution in [0.25, 0.3) is 6.08 Å². The number of nitrogens with one attached hydrogen (secondary N) is 1. The molecule has 1 N–H and O–H groups in total. The molecule has 0 saturated carbocycles. The Labute approximate surface area is 149 Å². The van der Waals surface area contributed by atoms with Crippen molar-refractivity contribution in [3.63, 3.8) is 0 Å². The second kappa shape index (κ2) is 6.58. The van der Waals surface area contributed by atoms with E-state index < -0.39 is 0 Å². The Morgan fingerprint density at radius 1 is 1.36 bits per heavy atom. The van der Waals surface area contributed by atoms with Crippen LogP contribution in [0.4, 0.5) is 5.69 Å². The molecule has 0 atom stereocenters. The van der Waals surface area contributed by atoms with Gasteiger partial charge in [-0.2, -0.15) is 0 Å². The molecule has 2 aromatic rings. The first-order valence-corrected chi connectivity index (χ1v) is 9.18. The van der Waals surface area contributed by atoms with E-state index in [1.165, 1.54) is 11.8 Å². The molecule has 0 bridgehead atoms. The van der Waals surface area contributed by atoms with Crippen LogP contribution in [0.15, 0.2) is 44.0 Å². The highest BCUT2D eigenvalue weighted by Gasteiger charge is 2.24. The Hall–Kier alpha value is -1.08. The number of nitrogens with zero attached hydrogens (tertiary/aromatic N) is 1. The molecule has 0 spiro atoms. The zero-order valence-electron chi connectivity index (χ0n) is 11.4. The lowest BCUT2D eigenvalue weighted by Crippen LogP contribution is -2.19. The van der Waals surface area contributed by atoms with E-state index >= 15 is 0 Å². The Bertz CT molecular complexity index is 814. The average molecular weight is 414 g/mol. The number of amides is 1. The monoisotopic (exact) mass is 412 g/mol. The normalized spacial score (nSPS) is 18.2. The predicted molar refractivity (Wildman–Crippen MR) is 99.0 cm³/mol. The van der Waals surface area contributed by atoms with Crippen LogP contribution in [-0.4, -0.2) is 11.1 Å². The number of thioether (sulfide) groups is 1. The van der Waals surface area contributed by atoms with E-state index in [2.05, 4.69) is 26.2 Å². The number of hydrogen-bond donors (Lipinski definition) is 1. The molecule has 2 heterocycles. The number of rotatable bonds is 2. The van der Waals surface area contributed by atoms with Crippen LogP contribution < -0.4 is 5.32 Å². The van der Waals surface area contributed by atoms with E-state index in [1.54, 1.807) is 17.4 Å². The summed E-state index contributed by atoms with van der Waals surface area (Å²) in [4.78, 5) is 18.2. The molecule has 22 heavy (non-hydrogen) atoms. The third-order valence-corrected chi connectivity index (χ3v) is 6.06. The van der Waals surface area contributed by atoms with Gasteiger partial charge < -0.3 is 5.32 Å². The largest absolute Gasteiger partial charge is 0.300 e. The Kier molecular flexibility index (Phi) is 4.73. The molecule has 1 aromatic carbocycles. The van der Waals surface area contributed by atoms with Crippen LogP contribution in [0, 0.1) is 6.92 Å². The molecule has 1 aromatic heterocycles. The molecular weight excluding hydrogens is 404 g/mol. The molecular formula is C15H10BrClN2OS2. The molecule has 1 amide bonds. The Morgan fingerprint density at radius 3 is 2.86 bits per heavy atom. The van der Waals surface area contributed by atoms with E-state index in [4.69, 9.17) is 11.6 Å². The molecule has 1 saturated heterocycles. The summed E-state index contributed by atoms with van der Waals surface area (Å²) in [5.41, 5.74) is 1.86. The summed E-state index contributed by atoms with van der Waals surface area (Å²) in [6, 6.07) is 7.44. The minimum Gasteiger partial charge on any atom is -0.300 e. The number of benzene rings is 1. The van der Waals surface area contributed by atoms with Crippen molar-refractivity contribution < 1.29 is 4.79 Å². The lowest BCUT2D eigenvalue weighted by molar-refractivity contribution is -0.115. The van der Waals surface area contributed by atoms with Gasteiger partial charge in [-0.15, -0.1) is 11.3 Å². The molecule has 0 unspecified atom stereocenters. The van der Waals surface area contributed by atoms with Crippen molar-refractivity contribution >= 4 is 73.5 Å². The van der Waals surface area contributed by atoms with E-state index in [-0.39, 0.29) is 5.91 Å². The molecule has 3 nitrogen and oxygen atoms in total. The summed E-state index contributed by atoms with van der Waals surface area (Å²) in [5, 5.41) is 5.93. The molecule has 1 fully saturated rings. The van der Waals surface area contributed by atoms with Gasteiger partial charge in [0.05, 0.1) is 15.6 Å². The first-order valence-electron chi connectivity index (χ1n) is 6.31. The third-order valence-electron chi connectivity index (χ3n) is 2.95. The summed E-state index contributed by atoms with van der Waals surface area (Å²) in [6.07, 6.45) is 1.90. The first kappa shape index (κ1) is 15.8. The molecule has 3 rings (SSSR count). The average Bonchev–Trinajstić information content (AvgIpc) is 3.02. The molecule has 1 aliphatic heterocycles. The van der Waals surface area contributed by atoms with Crippen LogP contribution in [0.5, 0.6) is 0 Å². The number of thiophene rings is 1. The van der Waals surface area contributed by atoms with Crippen molar-refractivity contribution in [2.24, 2.45) is 4.99 Å². The minimum atomic E-state index is -0.125. The first-order chi connectivity index (χ1) is 10.5. The van der Waals surface area contributed by atoms with Gasteiger partial charge in [0.25, 0.3) is 5.91 Å². The van der Waals surface area contributed by atoms with Crippen LogP contribution in [-0.2, 0) is 4.79 Å². The summed E-state index contributed by atoms with van der Waals surface area (Å²) < 4.78 is 0.815. The van der Waals surface area contributed by atoms with Crippen LogP contribution in [0.3, 0.4) is 0 Å². The topological polar surface area (TPSA) is 41.5 Å². The minimum absolute atomic E-state index is 0.125. The number of amidine groups is 1. The van der Waals surface area contributed by atoms with Crippen molar-refractivity contribution in [1.29, 1.82) is 0 Å². The number of halogens is 2. The summed E-state index contributed by atoms with van der Waals surface area (Å²) in [5.74, 6) is -0.125. The second-order valence-electron chi connectivity index (χ2n) is 4.55. The number of carbonyl (C=O) groups excluding carboxylic acids is 1. The van der Waals surface area contributed by atoms with Gasteiger partial charge in [0.2, 0.25) is 0 Å². The van der Waals surface area contributed by atoms with Gasteiger partial charge >= 0.3 is 0 Å². The highest BCUT2D eigenvalue weighted by atomic mass is 79.9. The Morgan fingerprint density at radius 2 is 2.18 bits per heavy atom. The van der Waals surface area contributed by atoms with Crippen molar-refractivity contribution in [3.8, 4) is 0 Å². The highest BCUT2D eigenvalue weighted by molar-refractivity contribution is 9.10. The van der Waals surface area contributed by atoms with Crippen molar-refractivity contribution in [3.05, 3.63) is 54.5 Å². The zero-order valence-corrected chi connectivity index (χ0v) is 15.4. The molecule has 7 heteroatoms. The maximum absolute atomic E-state index is 12.0. The Balaban J connectivity index is 1.85. The van der Waals surface area contributed by atoms with Crippen LogP contribution in [0.2, 0.25) is 5.02 Å². The summed E-state index contributed by atoms with van der Waals surface area (Å²) in [7, 11) is 0. The fraction of sp³-hybridized carbons (Fsp3) is 0.0667. The maximum atomic E-state index is 12.0. The van der Waals surface area contributed by atoms with Crippen molar-refractivity contribution in [2.45, 2.75) is 6.92 Å². The van der Waals surface area contributed by atoms with Gasteiger partial charge in [0, 0.05) is 9.35 Å². The van der Waals surface area contributed by atoms with Gasteiger partial charge in [-0.3, -0.25) is 4.79 Å². The van der Waals surface area contributed by atoms with Gasteiger partial charge in [0.1, 0.15) is 0 Å². The third kappa shape index (κ3) is 3.46. The van der Waals surface area contributed by atoms with E-state index in [1.807, 2.05) is 36.6 Å². The highest BCUT2D eigenvalue weighted by Crippen LogP contribution is 2.32. The van der Waals surface area contributed by atoms with Gasteiger partial charge in [-0.25, -0.2) is 4.99 Å². The van der Waals surface area contributed by atoms with Crippen LogP contribution in [0.1, 0.15) is 10.4 Å². The van der Waals surface area contributed by atoms with E-state index in [0.717, 1.165) is 14.9 Å². The number of carbonyl (C=O) groups is 1. The van der Waals surface area contributed by atoms with Crippen molar-refractivity contribution in [1.82, 2.24) is 5.32 Å². The molecule has 1 aliphatic rings. The summed E-state index contributed by atoms with van der Waals surface area (Å²) in [6.45, 7) is 2.03. The second-order valence-corrected chi connectivity index (χ2v) is 7.79. The van der Waals surface area contributed by atoms with Crippen LogP contribution >= 0.6 is 50.6 Å².